The number of aliphatic hydroxyl groups excluding tert-OH is 1. The molecule has 0 bridgehead atoms. The van der Waals surface area contributed by atoms with Gasteiger partial charge in [0.05, 0.1) is 27.7 Å². The van der Waals surface area contributed by atoms with Gasteiger partial charge in [-0.05, 0) is 13.1 Å². The van der Waals surface area contributed by atoms with Crippen LogP contribution in [0.25, 0.3) is 0 Å². The van der Waals surface area contributed by atoms with Gasteiger partial charge in [-0.15, -0.1) is 9.24 Å². The topological polar surface area (TPSA) is 29.5 Å². The number of hydrogen-bond acceptors (Lipinski definition) is 2. The molecule has 13 heavy (non-hydrogen) atoms. The maximum atomic E-state index is 8.39. The number of quaternary nitrogens is 1. The Bertz CT molecular complexity index is 90.1. The van der Waals surface area contributed by atoms with Crippen LogP contribution in [-0.4, -0.2) is 63.3 Å². The normalized spacial score (nSPS) is 10.6. The van der Waals surface area contributed by atoms with Crippen molar-refractivity contribution in [3.05, 3.63) is 0 Å². The molecule has 0 heterocycles. The van der Waals surface area contributed by atoms with Gasteiger partial charge in [-0.3, -0.25) is 0 Å². The Labute approximate surface area is 84.9 Å². The predicted octanol–water partition coefficient (Wildman–Crippen LogP) is 0.583. The van der Waals surface area contributed by atoms with Crippen LogP contribution in [0.4, 0.5) is 0 Å². The summed E-state index contributed by atoms with van der Waals surface area (Å²) < 4.78 is 5.81. The summed E-state index contributed by atoms with van der Waals surface area (Å²) in [6.07, 6.45) is 1.05. The van der Waals surface area contributed by atoms with Gasteiger partial charge in [0.1, 0.15) is 6.54 Å². The van der Waals surface area contributed by atoms with Crippen LogP contribution in [0, 0.1) is 0 Å². The van der Waals surface area contributed by atoms with Crippen molar-refractivity contribution in [3.63, 3.8) is 0 Å². The van der Waals surface area contributed by atoms with E-state index in [2.05, 4.69) is 30.4 Å². The first kappa shape index (κ1) is 15.8. The average molecular weight is 210 g/mol. The highest BCUT2D eigenvalue weighted by molar-refractivity contribution is 7.16. The molecule has 0 aromatic heterocycles. The van der Waals surface area contributed by atoms with Crippen LogP contribution in [-0.2, 0) is 4.74 Å². The van der Waals surface area contributed by atoms with Crippen molar-refractivity contribution in [3.8, 4) is 0 Å². The van der Waals surface area contributed by atoms with E-state index in [1.165, 1.54) is 0 Å². The van der Waals surface area contributed by atoms with E-state index in [0.29, 0.717) is 0 Å². The van der Waals surface area contributed by atoms with Gasteiger partial charge in [-0.1, -0.05) is 0 Å². The molecule has 82 valence electrons. The number of rotatable bonds is 5. The highest BCUT2D eigenvalue weighted by Crippen LogP contribution is 1.84. The van der Waals surface area contributed by atoms with Crippen LogP contribution in [0.2, 0.25) is 0 Å². The van der Waals surface area contributed by atoms with Crippen LogP contribution in [0.3, 0.4) is 0 Å². The first-order valence-electron chi connectivity index (χ1n) is 4.67. The van der Waals surface area contributed by atoms with E-state index in [1.807, 2.05) is 6.92 Å². The molecule has 0 amide bonds. The molecule has 0 radical (unpaired) electrons. The quantitative estimate of drug-likeness (QED) is 0.409. The van der Waals surface area contributed by atoms with Gasteiger partial charge in [0, 0.05) is 13.2 Å². The van der Waals surface area contributed by atoms with Crippen LogP contribution < -0.4 is 0 Å². The SMILES string of the molecule is CCOCCP.C[N+](C)(C)CCO. The van der Waals surface area contributed by atoms with Crippen molar-refractivity contribution >= 4 is 9.24 Å². The third-order valence-corrected chi connectivity index (χ3v) is 1.47. The van der Waals surface area contributed by atoms with Crippen molar-refractivity contribution in [1.29, 1.82) is 0 Å². The van der Waals surface area contributed by atoms with Crippen LogP contribution in [0.15, 0.2) is 0 Å². The number of likely N-dealkylation sites (N-methyl/N-ethyl adjacent to an activating group) is 1. The molecular weight excluding hydrogens is 185 g/mol. The second-order valence-corrected chi connectivity index (χ2v) is 4.30. The van der Waals surface area contributed by atoms with E-state index in [4.69, 9.17) is 9.84 Å². The molecule has 1 atom stereocenters. The lowest BCUT2D eigenvalue weighted by atomic mass is 10.5. The lowest BCUT2D eigenvalue weighted by molar-refractivity contribution is -0.870. The molecule has 3 nitrogen and oxygen atoms in total. The largest absolute Gasteiger partial charge is 0.391 e. The maximum absolute atomic E-state index is 8.39. The fraction of sp³-hybridized carbons (Fsp3) is 1.00. The van der Waals surface area contributed by atoms with E-state index in [-0.39, 0.29) is 6.61 Å². The van der Waals surface area contributed by atoms with Gasteiger partial charge in [-0.2, -0.15) is 0 Å². The van der Waals surface area contributed by atoms with Crippen LogP contribution in [0.1, 0.15) is 6.92 Å². The smallest absolute Gasteiger partial charge is 0.101 e. The molecule has 0 aromatic carbocycles. The highest BCUT2D eigenvalue weighted by Gasteiger charge is 2.02. The second kappa shape index (κ2) is 10.4. The number of nitrogens with zero attached hydrogens (tertiary/aromatic N) is 1. The molecule has 0 aromatic rings. The lowest BCUT2D eigenvalue weighted by Crippen LogP contribution is -2.36. The van der Waals surface area contributed by atoms with Gasteiger partial charge in [-0.25, -0.2) is 0 Å². The molecule has 0 saturated heterocycles. The van der Waals surface area contributed by atoms with E-state index in [9.17, 15) is 0 Å². The summed E-state index contributed by atoms with van der Waals surface area (Å²) in [5.74, 6) is 0. The molecule has 0 aliphatic heterocycles. The number of aliphatic hydroxyl groups is 1. The Kier molecular flexibility index (Phi) is 12.6. The van der Waals surface area contributed by atoms with Gasteiger partial charge in [0.25, 0.3) is 0 Å². The summed E-state index contributed by atoms with van der Waals surface area (Å²) in [6.45, 7) is 4.83. The molecule has 0 aliphatic carbocycles. The molecular formula is C9H25NO2P+. The summed E-state index contributed by atoms with van der Waals surface area (Å²) in [7, 11) is 8.76. The molecule has 0 fully saturated rings. The first-order chi connectivity index (χ1) is 5.97. The molecule has 0 spiro atoms. The second-order valence-electron chi connectivity index (χ2n) is 3.72. The molecule has 1 N–H and O–H groups in total. The van der Waals surface area contributed by atoms with Gasteiger partial charge in [0.15, 0.2) is 0 Å². The number of ether oxygens (including phenoxy) is 1. The third kappa shape index (κ3) is 24.5. The fourth-order valence-corrected chi connectivity index (χ4v) is 0.694. The van der Waals surface area contributed by atoms with Crippen molar-refractivity contribution in [2.24, 2.45) is 0 Å². The monoisotopic (exact) mass is 210 g/mol. The summed E-state index contributed by atoms with van der Waals surface area (Å²) in [5.41, 5.74) is 0. The van der Waals surface area contributed by atoms with Gasteiger partial charge >= 0.3 is 0 Å². The minimum absolute atomic E-state index is 0.281. The third-order valence-electron chi connectivity index (χ3n) is 1.24. The van der Waals surface area contributed by atoms with E-state index in [0.717, 1.165) is 30.4 Å². The van der Waals surface area contributed by atoms with Gasteiger partial charge in [0.2, 0.25) is 0 Å². The summed E-state index contributed by atoms with van der Waals surface area (Å²) in [4.78, 5) is 0. The molecule has 4 heteroatoms. The Hall–Kier alpha value is 0.310. The number of hydrogen-bond donors (Lipinski definition) is 1. The zero-order valence-corrected chi connectivity index (χ0v) is 10.6. The molecule has 0 saturated carbocycles. The van der Waals surface area contributed by atoms with Crippen molar-refractivity contribution in [2.45, 2.75) is 6.92 Å². The lowest BCUT2D eigenvalue weighted by Gasteiger charge is -2.21. The van der Waals surface area contributed by atoms with E-state index >= 15 is 0 Å². The van der Waals surface area contributed by atoms with Gasteiger partial charge < -0.3 is 14.3 Å². The fourth-order valence-electron chi connectivity index (χ4n) is 0.528. The zero-order chi connectivity index (χ0) is 10.7. The van der Waals surface area contributed by atoms with Crippen molar-refractivity contribution in [2.75, 3.05) is 53.7 Å². The maximum Gasteiger partial charge on any atom is 0.101 e. The summed E-state index contributed by atoms with van der Waals surface area (Å²) in [5, 5.41) is 8.39. The van der Waals surface area contributed by atoms with E-state index in [1.54, 1.807) is 0 Å². The predicted molar refractivity (Wildman–Crippen MR) is 61.1 cm³/mol. The first-order valence-corrected chi connectivity index (χ1v) is 5.48. The molecule has 1 unspecified atom stereocenters. The Morgan fingerprint density at radius 3 is 1.92 bits per heavy atom. The summed E-state index contributed by atoms with van der Waals surface area (Å²) >= 11 is 0. The Morgan fingerprint density at radius 1 is 1.31 bits per heavy atom. The van der Waals surface area contributed by atoms with Crippen molar-refractivity contribution < 1.29 is 14.3 Å². The van der Waals surface area contributed by atoms with E-state index < -0.39 is 0 Å². The minimum Gasteiger partial charge on any atom is -0.391 e. The molecule has 0 rings (SSSR count). The van der Waals surface area contributed by atoms with Crippen LogP contribution >= 0.6 is 9.24 Å². The molecule has 0 aliphatic rings. The average Bonchev–Trinajstić information content (AvgIpc) is 1.99. The van der Waals surface area contributed by atoms with Crippen LogP contribution in [0.5, 0.6) is 0 Å². The van der Waals surface area contributed by atoms with Crippen molar-refractivity contribution in [1.82, 2.24) is 0 Å². The standard InChI is InChI=1S/C5H14NO.C4H11OP/c1-6(2,3)4-5-7;1-2-5-3-4-6/h7H,4-5H2,1-3H3;2-4,6H2,1H3/q+1;. The highest BCUT2D eigenvalue weighted by atomic mass is 31.0. The Morgan fingerprint density at radius 2 is 1.85 bits per heavy atom. The minimum atomic E-state index is 0.281. The Balaban J connectivity index is 0. The zero-order valence-electron chi connectivity index (χ0n) is 9.42. The summed E-state index contributed by atoms with van der Waals surface area (Å²) in [6, 6.07) is 0.